The quantitative estimate of drug-likeness (QED) is 0.851. The van der Waals surface area contributed by atoms with Crippen LogP contribution in [0.2, 0.25) is 5.02 Å². The fourth-order valence-corrected chi connectivity index (χ4v) is 3.57. The first kappa shape index (κ1) is 14.8. The third-order valence-electron chi connectivity index (χ3n) is 3.41. The molecule has 6 heteroatoms. The minimum Gasteiger partial charge on any atom is -0.398 e. The normalized spacial score (nSPS) is 19.5. The van der Waals surface area contributed by atoms with Gasteiger partial charge in [-0.05, 0) is 25.2 Å². The van der Waals surface area contributed by atoms with Crippen molar-refractivity contribution < 1.29 is 4.21 Å². The maximum Gasteiger partial charge on any atom is 0.0632 e. The van der Waals surface area contributed by atoms with Gasteiger partial charge in [-0.1, -0.05) is 11.6 Å². The summed E-state index contributed by atoms with van der Waals surface area (Å²) in [5, 5.41) is 0.581. The van der Waals surface area contributed by atoms with Crippen molar-refractivity contribution in [2.24, 2.45) is 0 Å². The van der Waals surface area contributed by atoms with E-state index in [9.17, 15) is 4.21 Å². The molecule has 0 aromatic heterocycles. The number of nitrogen functional groups attached to an aromatic ring is 1. The predicted octanol–water partition coefficient (Wildman–Crippen LogP) is 1.28. The third kappa shape index (κ3) is 4.18. The lowest BCUT2D eigenvalue weighted by Gasteiger charge is -2.32. The van der Waals surface area contributed by atoms with E-state index < -0.39 is 10.8 Å². The van der Waals surface area contributed by atoms with Gasteiger partial charge in [0.05, 0.1) is 15.7 Å². The lowest BCUT2D eigenvalue weighted by molar-refractivity contribution is 0.161. The molecule has 1 heterocycles. The van der Waals surface area contributed by atoms with Gasteiger partial charge in [-0.3, -0.25) is 9.11 Å². The van der Waals surface area contributed by atoms with Crippen molar-refractivity contribution in [3.05, 3.63) is 23.2 Å². The maximum atomic E-state index is 12.3. The van der Waals surface area contributed by atoms with Gasteiger partial charge in [-0.25, -0.2) is 0 Å². The molecule has 19 heavy (non-hydrogen) atoms. The van der Waals surface area contributed by atoms with Crippen LogP contribution in [0.1, 0.15) is 0 Å². The maximum absolute atomic E-state index is 12.3. The van der Waals surface area contributed by atoms with E-state index in [0.717, 1.165) is 32.7 Å². The molecule has 0 saturated carbocycles. The van der Waals surface area contributed by atoms with Gasteiger partial charge in [0.2, 0.25) is 0 Å². The first-order chi connectivity index (χ1) is 9.06. The van der Waals surface area contributed by atoms with Crippen LogP contribution < -0.4 is 5.73 Å². The molecule has 0 amide bonds. The lowest BCUT2D eigenvalue weighted by atomic mass is 10.3. The summed E-state index contributed by atoms with van der Waals surface area (Å²) in [6, 6.07) is 5.14. The molecule has 0 radical (unpaired) electrons. The van der Waals surface area contributed by atoms with E-state index in [0.29, 0.717) is 21.4 Å². The van der Waals surface area contributed by atoms with Crippen LogP contribution in [0.5, 0.6) is 0 Å². The monoisotopic (exact) mass is 301 g/mol. The third-order valence-corrected chi connectivity index (χ3v) is 5.04. The number of nitrogens with zero attached hydrogens (tertiary/aromatic N) is 2. The summed E-state index contributed by atoms with van der Waals surface area (Å²) < 4.78 is 12.3. The molecule has 0 aliphatic carbocycles. The first-order valence-corrected chi connectivity index (χ1v) is 8.10. The van der Waals surface area contributed by atoms with Crippen LogP contribution >= 0.6 is 11.6 Å². The average molecular weight is 302 g/mol. The summed E-state index contributed by atoms with van der Waals surface area (Å²) in [6.45, 7) is 5.07. The molecule has 1 saturated heterocycles. The van der Waals surface area contributed by atoms with Gasteiger partial charge in [-0.2, -0.15) is 0 Å². The summed E-state index contributed by atoms with van der Waals surface area (Å²) in [5.41, 5.74) is 6.40. The minimum absolute atomic E-state index is 0.557. The Morgan fingerprint density at radius 2 is 2.00 bits per heavy atom. The second-order valence-electron chi connectivity index (χ2n) is 4.88. The van der Waals surface area contributed by atoms with Crippen molar-refractivity contribution >= 4 is 28.1 Å². The van der Waals surface area contributed by atoms with Crippen molar-refractivity contribution in [1.82, 2.24) is 9.80 Å². The van der Waals surface area contributed by atoms with Crippen molar-refractivity contribution in [3.8, 4) is 0 Å². The molecule has 1 aliphatic rings. The smallest absolute Gasteiger partial charge is 0.0632 e. The summed E-state index contributed by atoms with van der Waals surface area (Å²) >= 11 is 5.92. The molecule has 1 atom stereocenters. The Morgan fingerprint density at radius 1 is 1.32 bits per heavy atom. The summed E-state index contributed by atoms with van der Waals surface area (Å²) in [6.07, 6.45) is 0. The SMILES string of the molecule is CN1CCN(CCS(=O)c2cc(Cl)ccc2N)CC1. The number of hydrogen-bond acceptors (Lipinski definition) is 4. The van der Waals surface area contributed by atoms with E-state index in [1.165, 1.54) is 0 Å². The number of benzene rings is 1. The molecule has 1 aliphatic heterocycles. The Labute approximate surface area is 122 Å². The zero-order chi connectivity index (χ0) is 13.8. The topological polar surface area (TPSA) is 49.6 Å². The van der Waals surface area contributed by atoms with Crippen LogP contribution in [0.3, 0.4) is 0 Å². The highest BCUT2D eigenvalue weighted by Crippen LogP contribution is 2.21. The molecule has 0 spiro atoms. The Morgan fingerprint density at radius 3 is 2.68 bits per heavy atom. The molecular weight excluding hydrogens is 282 g/mol. The number of piperazine rings is 1. The Kier molecular flexibility index (Phi) is 5.21. The van der Waals surface area contributed by atoms with Crippen molar-refractivity contribution in [1.29, 1.82) is 0 Å². The molecule has 1 unspecified atom stereocenters. The summed E-state index contributed by atoms with van der Waals surface area (Å²) in [5.74, 6) is 0.605. The second-order valence-corrected chi connectivity index (χ2v) is 6.85. The van der Waals surface area contributed by atoms with Crippen LogP contribution in [0.25, 0.3) is 0 Å². The highest BCUT2D eigenvalue weighted by Gasteiger charge is 2.15. The van der Waals surface area contributed by atoms with Crippen LogP contribution in [0.15, 0.2) is 23.1 Å². The molecule has 2 rings (SSSR count). The van der Waals surface area contributed by atoms with E-state index >= 15 is 0 Å². The van der Waals surface area contributed by atoms with Crippen LogP contribution in [0, 0.1) is 0 Å². The fourth-order valence-electron chi connectivity index (χ4n) is 2.10. The van der Waals surface area contributed by atoms with Gasteiger partial charge < -0.3 is 10.6 Å². The average Bonchev–Trinajstić information content (AvgIpc) is 2.40. The van der Waals surface area contributed by atoms with Crippen LogP contribution in [-0.2, 0) is 10.8 Å². The Hall–Kier alpha value is -0.620. The highest BCUT2D eigenvalue weighted by molar-refractivity contribution is 7.85. The van der Waals surface area contributed by atoms with Crippen molar-refractivity contribution in [3.63, 3.8) is 0 Å². The second kappa shape index (κ2) is 6.70. The van der Waals surface area contributed by atoms with E-state index in [1.54, 1.807) is 18.2 Å². The van der Waals surface area contributed by atoms with Crippen molar-refractivity contribution in [2.75, 3.05) is 51.3 Å². The number of nitrogens with two attached hydrogens (primary N) is 1. The van der Waals surface area contributed by atoms with Gasteiger partial charge in [-0.15, -0.1) is 0 Å². The number of anilines is 1. The number of halogens is 1. The van der Waals surface area contributed by atoms with Gasteiger partial charge in [0.1, 0.15) is 0 Å². The standard InChI is InChI=1S/C13H20ClN3OS/c1-16-4-6-17(7-5-16)8-9-19(18)13-10-11(14)2-3-12(13)15/h2-3,10H,4-9,15H2,1H3. The van der Waals surface area contributed by atoms with E-state index in [1.807, 2.05) is 0 Å². The number of rotatable bonds is 4. The summed E-state index contributed by atoms with van der Waals surface area (Å²) in [7, 11) is 1.05. The fraction of sp³-hybridized carbons (Fsp3) is 0.538. The minimum atomic E-state index is -1.08. The number of likely N-dealkylation sites (N-methyl/N-ethyl adjacent to an activating group) is 1. The van der Waals surface area contributed by atoms with Gasteiger partial charge >= 0.3 is 0 Å². The molecule has 106 valence electrons. The largest absolute Gasteiger partial charge is 0.398 e. The van der Waals surface area contributed by atoms with E-state index in [4.69, 9.17) is 17.3 Å². The van der Waals surface area contributed by atoms with E-state index in [-0.39, 0.29) is 0 Å². The molecule has 1 fully saturated rings. The molecule has 0 bridgehead atoms. The van der Waals surface area contributed by atoms with Gasteiger partial charge in [0.15, 0.2) is 0 Å². The van der Waals surface area contributed by atoms with Gasteiger partial charge in [0.25, 0.3) is 0 Å². The highest BCUT2D eigenvalue weighted by atomic mass is 35.5. The molecule has 4 nitrogen and oxygen atoms in total. The van der Waals surface area contributed by atoms with Crippen LogP contribution in [0.4, 0.5) is 5.69 Å². The zero-order valence-corrected chi connectivity index (χ0v) is 12.7. The Bertz CT molecular complexity index is 461. The molecule has 1 aromatic carbocycles. The zero-order valence-electron chi connectivity index (χ0n) is 11.1. The molecule has 1 aromatic rings. The van der Waals surface area contributed by atoms with Crippen LogP contribution in [-0.4, -0.2) is 59.5 Å². The first-order valence-electron chi connectivity index (χ1n) is 6.40. The number of hydrogen-bond donors (Lipinski definition) is 1. The van der Waals surface area contributed by atoms with Crippen molar-refractivity contribution in [2.45, 2.75) is 4.90 Å². The predicted molar refractivity (Wildman–Crippen MR) is 81.1 cm³/mol. The Balaban J connectivity index is 1.89. The molecular formula is C13H20ClN3OS. The van der Waals surface area contributed by atoms with E-state index in [2.05, 4.69) is 16.8 Å². The molecule has 2 N–H and O–H groups in total. The lowest BCUT2D eigenvalue weighted by Crippen LogP contribution is -2.45. The summed E-state index contributed by atoms with van der Waals surface area (Å²) in [4.78, 5) is 5.31. The van der Waals surface area contributed by atoms with Gasteiger partial charge in [0, 0.05) is 49.2 Å².